The highest BCUT2D eigenvalue weighted by atomic mass is 16.5. The van der Waals surface area contributed by atoms with Crippen molar-refractivity contribution in [2.75, 3.05) is 14.2 Å². The van der Waals surface area contributed by atoms with Crippen molar-refractivity contribution in [2.24, 2.45) is 0 Å². The molecule has 1 fully saturated rings. The largest absolute Gasteiger partial charge is 0.497 e. The Bertz CT molecular complexity index is 993. The zero-order chi connectivity index (χ0) is 23.8. The van der Waals surface area contributed by atoms with E-state index < -0.39 is 35.9 Å². The zero-order valence-corrected chi connectivity index (χ0v) is 18.5. The maximum Gasteiger partial charge on any atom is 0.328 e. The van der Waals surface area contributed by atoms with Crippen LogP contribution < -0.4 is 20.7 Å². The fourth-order valence-electron chi connectivity index (χ4n) is 3.58. The van der Waals surface area contributed by atoms with Gasteiger partial charge >= 0.3 is 5.97 Å². The van der Waals surface area contributed by atoms with Crippen molar-refractivity contribution in [3.05, 3.63) is 65.7 Å². The first-order valence-corrected chi connectivity index (χ1v) is 10.5. The first-order chi connectivity index (χ1) is 15.9. The minimum atomic E-state index is -1.02. The van der Waals surface area contributed by atoms with Gasteiger partial charge in [0.15, 0.2) is 0 Å². The van der Waals surface area contributed by atoms with Crippen molar-refractivity contribution in [3.63, 3.8) is 0 Å². The number of ether oxygens (including phenoxy) is 2. The van der Waals surface area contributed by atoms with Crippen molar-refractivity contribution in [1.29, 1.82) is 0 Å². The average Bonchev–Trinajstić information content (AvgIpc) is 2.82. The Balaban J connectivity index is 1.57. The Morgan fingerprint density at radius 3 is 2.18 bits per heavy atom. The fraction of sp³-hybridized carbons (Fsp3) is 0.333. The Morgan fingerprint density at radius 1 is 0.909 bits per heavy atom. The Hall–Kier alpha value is -3.88. The summed E-state index contributed by atoms with van der Waals surface area (Å²) >= 11 is 0. The van der Waals surface area contributed by atoms with Crippen LogP contribution in [0.2, 0.25) is 0 Å². The van der Waals surface area contributed by atoms with Crippen LogP contribution in [0.15, 0.2) is 54.6 Å². The molecule has 3 amide bonds. The summed E-state index contributed by atoms with van der Waals surface area (Å²) in [7, 11) is 2.79. The number of methoxy groups -OCH3 is 2. The van der Waals surface area contributed by atoms with Crippen LogP contribution in [-0.4, -0.2) is 56.0 Å². The molecule has 0 bridgehead atoms. The van der Waals surface area contributed by atoms with Crippen LogP contribution in [0.4, 0.5) is 0 Å². The highest BCUT2D eigenvalue weighted by Gasteiger charge is 2.35. The van der Waals surface area contributed by atoms with E-state index in [1.54, 1.807) is 31.4 Å². The third kappa shape index (κ3) is 6.55. The second-order valence-electron chi connectivity index (χ2n) is 7.71. The van der Waals surface area contributed by atoms with Crippen LogP contribution in [-0.2, 0) is 36.8 Å². The van der Waals surface area contributed by atoms with Crippen LogP contribution >= 0.6 is 0 Å². The standard InChI is InChI=1S/C24H27N3O6/c1-32-17-10-8-16(9-11-17)13-20(24(31)33-2)25-21(28)14-19-23(30)26-18(22(29)27-19)12-15-6-4-3-5-7-15/h3-11,18-20H,12-14H2,1-2H3,(H,25,28)(H,26,30)(H,27,29)/t18-,19-,20+/m0/s1. The minimum Gasteiger partial charge on any atom is -0.497 e. The highest BCUT2D eigenvalue weighted by Crippen LogP contribution is 2.14. The van der Waals surface area contributed by atoms with Crippen LogP contribution in [0, 0.1) is 0 Å². The molecule has 9 nitrogen and oxygen atoms in total. The first-order valence-electron chi connectivity index (χ1n) is 10.5. The van der Waals surface area contributed by atoms with Gasteiger partial charge in [0.2, 0.25) is 17.7 Å². The van der Waals surface area contributed by atoms with Gasteiger partial charge in [-0.3, -0.25) is 14.4 Å². The summed E-state index contributed by atoms with van der Waals surface area (Å²) in [5.41, 5.74) is 1.70. The second kappa shape index (κ2) is 11.1. The van der Waals surface area contributed by atoms with E-state index in [0.717, 1.165) is 11.1 Å². The predicted octanol–water partition coefficient (Wildman–Crippen LogP) is 0.512. The molecule has 2 aromatic rings. The topological polar surface area (TPSA) is 123 Å². The molecule has 33 heavy (non-hydrogen) atoms. The van der Waals surface area contributed by atoms with Gasteiger partial charge in [-0.15, -0.1) is 0 Å². The van der Waals surface area contributed by atoms with Crippen molar-refractivity contribution in [3.8, 4) is 5.75 Å². The lowest BCUT2D eigenvalue weighted by atomic mass is 10.0. The molecule has 1 saturated heterocycles. The Kier molecular flexibility index (Phi) is 8.01. The van der Waals surface area contributed by atoms with E-state index in [0.29, 0.717) is 12.2 Å². The lowest BCUT2D eigenvalue weighted by Crippen LogP contribution is -2.63. The molecule has 0 aliphatic carbocycles. The normalized spacial score (nSPS) is 18.5. The maximum absolute atomic E-state index is 12.6. The van der Waals surface area contributed by atoms with Crippen molar-refractivity contribution in [1.82, 2.24) is 16.0 Å². The number of benzene rings is 2. The molecule has 2 aromatic carbocycles. The molecule has 3 atom stereocenters. The second-order valence-corrected chi connectivity index (χ2v) is 7.71. The number of esters is 1. The molecule has 1 heterocycles. The lowest BCUT2D eigenvalue weighted by Gasteiger charge is -2.29. The smallest absolute Gasteiger partial charge is 0.328 e. The molecule has 0 spiro atoms. The van der Waals surface area contributed by atoms with E-state index >= 15 is 0 Å². The van der Waals surface area contributed by atoms with Crippen molar-refractivity contribution >= 4 is 23.7 Å². The molecular weight excluding hydrogens is 426 g/mol. The summed E-state index contributed by atoms with van der Waals surface area (Å²) in [4.78, 5) is 49.7. The van der Waals surface area contributed by atoms with Crippen LogP contribution in [0.1, 0.15) is 17.5 Å². The van der Waals surface area contributed by atoms with E-state index in [9.17, 15) is 19.2 Å². The number of hydrogen-bond acceptors (Lipinski definition) is 6. The average molecular weight is 453 g/mol. The number of rotatable bonds is 9. The fourth-order valence-corrected chi connectivity index (χ4v) is 3.58. The highest BCUT2D eigenvalue weighted by molar-refractivity contribution is 5.99. The molecule has 0 radical (unpaired) electrons. The summed E-state index contributed by atoms with van der Waals surface area (Å²) < 4.78 is 9.92. The van der Waals surface area contributed by atoms with Gasteiger partial charge in [0.05, 0.1) is 20.6 Å². The number of hydrogen-bond donors (Lipinski definition) is 3. The van der Waals surface area contributed by atoms with Gasteiger partial charge in [-0.05, 0) is 23.3 Å². The van der Waals surface area contributed by atoms with Crippen LogP contribution in [0.3, 0.4) is 0 Å². The summed E-state index contributed by atoms with van der Waals surface area (Å²) in [6.45, 7) is 0. The van der Waals surface area contributed by atoms with Crippen LogP contribution in [0.25, 0.3) is 0 Å². The molecule has 3 N–H and O–H groups in total. The number of amides is 3. The summed E-state index contributed by atoms with van der Waals surface area (Å²) in [5.74, 6) is -1.31. The first kappa shape index (κ1) is 23.8. The van der Waals surface area contributed by atoms with Gasteiger partial charge < -0.3 is 25.4 Å². The van der Waals surface area contributed by atoms with E-state index in [4.69, 9.17) is 9.47 Å². The van der Waals surface area contributed by atoms with Gasteiger partial charge in [-0.25, -0.2) is 4.79 Å². The summed E-state index contributed by atoms with van der Waals surface area (Å²) in [6.07, 6.45) is 0.250. The number of carbonyl (C=O) groups excluding carboxylic acids is 4. The third-order valence-corrected chi connectivity index (χ3v) is 5.36. The minimum absolute atomic E-state index is 0.199. The molecular formula is C24H27N3O6. The molecule has 1 aliphatic rings. The zero-order valence-electron chi connectivity index (χ0n) is 18.5. The van der Waals surface area contributed by atoms with Gasteiger partial charge in [0, 0.05) is 12.8 Å². The summed E-state index contributed by atoms with van der Waals surface area (Å²) in [6, 6.07) is 13.7. The quantitative estimate of drug-likeness (QED) is 0.476. The molecule has 0 unspecified atom stereocenters. The van der Waals surface area contributed by atoms with Gasteiger partial charge in [-0.2, -0.15) is 0 Å². The van der Waals surface area contributed by atoms with E-state index in [1.807, 2.05) is 30.3 Å². The molecule has 3 rings (SSSR count). The van der Waals surface area contributed by atoms with Gasteiger partial charge in [0.25, 0.3) is 0 Å². The maximum atomic E-state index is 12.6. The molecule has 0 aromatic heterocycles. The molecule has 9 heteroatoms. The molecule has 0 saturated carbocycles. The number of piperazine rings is 1. The molecule has 174 valence electrons. The van der Waals surface area contributed by atoms with Gasteiger partial charge in [0.1, 0.15) is 23.9 Å². The van der Waals surface area contributed by atoms with Crippen molar-refractivity contribution < 1.29 is 28.7 Å². The van der Waals surface area contributed by atoms with Gasteiger partial charge in [-0.1, -0.05) is 42.5 Å². The SMILES string of the molecule is COC(=O)[C@@H](Cc1ccc(OC)cc1)NC(=O)C[C@@H]1NC(=O)[C@H](Cc2ccccc2)NC1=O. The van der Waals surface area contributed by atoms with Crippen LogP contribution in [0.5, 0.6) is 5.75 Å². The van der Waals surface area contributed by atoms with E-state index in [-0.39, 0.29) is 18.7 Å². The Morgan fingerprint density at radius 2 is 1.55 bits per heavy atom. The van der Waals surface area contributed by atoms with E-state index in [1.165, 1.54) is 7.11 Å². The van der Waals surface area contributed by atoms with E-state index in [2.05, 4.69) is 16.0 Å². The predicted molar refractivity (Wildman–Crippen MR) is 119 cm³/mol. The summed E-state index contributed by atoms with van der Waals surface area (Å²) in [5, 5.41) is 7.88. The third-order valence-electron chi connectivity index (χ3n) is 5.36. The van der Waals surface area contributed by atoms with Crippen molar-refractivity contribution in [2.45, 2.75) is 37.4 Å². The number of carbonyl (C=O) groups is 4. The number of nitrogens with one attached hydrogen (secondary N) is 3. The monoisotopic (exact) mass is 453 g/mol. The Labute approximate surface area is 191 Å². The lowest BCUT2D eigenvalue weighted by molar-refractivity contribution is -0.145. The molecule has 1 aliphatic heterocycles.